The van der Waals surface area contributed by atoms with Gasteiger partial charge in [-0.15, -0.1) is 0 Å². The molecule has 2 N–H and O–H groups in total. The fraction of sp³-hybridized carbons (Fsp3) is 0.435. The van der Waals surface area contributed by atoms with Crippen LogP contribution in [0.1, 0.15) is 61.5 Å². The molecule has 4 rings (SSSR count). The number of ether oxygens (including phenoxy) is 1. The average Bonchev–Trinajstić information content (AvgIpc) is 3.29. The quantitative estimate of drug-likeness (QED) is 0.829. The summed E-state index contributed by atoms with van der Waals surface area (Å²) in [5.41, 5.74) is 13.3. The Labute approximate surface area is 177 Å². The van der Waals surface area contributed by atoms with E-state index in [-0.39, 0.29) is 11.8 Å². The standard InChI is InChI=1S/C23H28N6O/c1-5-28-14(3)17(12-26-28)10-16-8-7-9-18-21(19(11-24)23(25)30-22(16)18)20-13-27-29(6-2)15(20)4/h10,12-13,21H,5-9,25H2,1-4H3/b16-10+. The van der Waals surface area contributed by atoms with Crippen molar-refractivity contribution in [3.05, 3.63) is 63.3 Å². The van der Waals surface area contributed by atoms with Crippen LogP contribution in [0, 0.1) is 25.2 Å². The van der Waals surface area contributed by atoms with Crippen molar-refractivity contribution < 1.29 is 4.74 Å². The van der Waals surface area contributed by atoms with E-state index in [4.69, 9.17) is 10.5 Å². The monoisotopic (exact) mass is 404 g/mol. The molecule has 7 heteroatoms. The van der Waals surface area contributed by atoms with Crippen LogP contribution in [0.2, 0.25) is 0 Å². The largest absolute Gasteiger partial charge is 0.440 e. The first kappa shape index (κ1) is 20.0. The molecule has 1 aliphatic heterocycles. The van der Waals surface area contributed by atoms with Crippen LogP contribution in [0.4, 0.5) is 0 Å². The molecular weight excluding hydrogens is 376 g/mol. The van der Waals surface area contributed by atoms with Crippen LogP contribution in [-0.2, 0) is 17.8 Å². The fourth-order valence-electron chi connectivity index (χ4n) is 4.56. The highest BCUT2D eigenvalue weighted by atomic mass is 16.5. The van der Waals surface area contributed by atoms with Gasteiger partial charge in [-0.3, -0.25) is 9.36 Å². The summed E-state index contributed by atoms with van der Waals surface area (Å²) in [4.78, 5) is 0. The molecule has 2 aliphatic rings. The minimum absolute atomic E-state index is 0.193. The molecular formula is C23H28N6O. The average molecular weight is 405 g/mol. The van der Waals surface area contributed by atoms with Gasteiger partial charge in [-0.25, -0.2) is 0 Å². The number of nitriles is 1. The lowest BCUT2D eigenvalue weighted by Gasteiger charge is -2.33. The second-order valence-corrected chi connectivity index (χ2v) is 7.80. The van der Waals surface area contributed by atoms with Crippen LogP contribution in [0.25, 0.3) is 6.08 Å². The van der Waals surface area contributed by atoms with Crippen molar-refractivity contribution in [2.45, 2.75) is 66.0 Å². The van der Waals surface area contributed by atoms with Gasteiger partial charge in [0.1, 0.15) is 17.4 Å². The van der Waals surface area contributed by atoms with Crippen molar-refractivity contribution in [3.8, 4) is 6.07 Å². The van der Waals surface area contributed by atoms with Crippen molar-refractivity contribution in [1.29, 1.82) is 5.26 Å². The third-order valence-corrected chi connectivity index (χ3v) is 6.23. The Balaban J connectivity index is 1.85. The van der Waals surface area contributed by atoms with Gasteiger partial charge in [-0.05, 0) is 64.2 Å². The van der Waals surface area contributed by atoms with Gasteiger partial charge < -0.3 is 10.5 Å². The Morgan fingerprint density at radius 1 is 1.17 bits per heavy atom. The summed E-state index contributed by atoms with van der Waals surface area (Å²) in [7, 11) is 0. The number of hydrogen-bond donors (Lipinski definition) is 1. The van der Waals surface area contributed by atoms with Crippen molar-refractivity contribution >= 4 is 6.08 Å². The maximum absolute atomic E-state index is 9.86. The van der Waals surface area contributed by atoms with E-state index in [1.165, 1.54) is 0 Å². The van der Waals surface area contributed by atoms with Gasteiger partial charge in [0.25, 0.3) is 0 Å². The van der Waals surface area contributed by atoms with Gasteiger partial charge in [0.15, 0.2) is 0 Å². The van der Waals surface area contributed by atoms with E-state index < -0.39 is 0 Å². The van der Waals surface area contributed by atoms with E-state index in [0.29, 0.717) is 5.57 Å². The second kappa shape index (κ2) is 7.86. The van der Waals surface area contributed by atoms with E-state index in [0.717, 1.165) is 71.8 Å². The lowest BCUT2D eigenvalue weighted by Crippen LogP contribution is -2.24. The summed E-state index contributed by atoms with van der Waals surface area (Å²) in [5, 5.41) is 18.8. The van der Waals surface area contributed by atoms with Crippen LogP contribution < -0.4 is 5.73 Å². The summed E-state index contributed by atoms with van der Waals surface area (Å²) in [6.07, 6.45) is 8.72. The third-order valence-electron chi connectivity index (χ3n) is 6.23. The normalized spacial score (nSPS) is 20.4. The van der Waals surface area contributed by atoms with Crippen LogP contribution in [-0.4, -0.2) is 19.6 Å². The van der Waals surface area contributed by atoms with Crippen molar-refractivity contribution in [3.63, 3.8) is 0 Å². The first-order valence-corrected chi connectivity index (χ1v) is 10.6. The predicted octanol–water partition coefficient (Wildman–Crippen LogP) is 4.07. The zero-order valence-corrected chi connectivity index (χ0v) is 18.1. The van der Waals surface area contributed by atoms with Gasteiger partial charge in [-0.2, -0.15) is 15.5 Å². The maximum Gasteiger partial charge on any atom is 0.205 e. The van der Waals surface area contributed by atoms with E-state index in [2.05, 4.69) is 50.0 Å². The summed E-state index contributed by atoms with van der Waals surface area (Å²) >= 11 is 0. The Morgan fingerprint density at radius 3 is 2.50 bits per heavy atom. The molecule has 0 bridgehead atoms. The van der Waals surface area contributed by atoms with E-state index >= 15 is 0 Å². The molecule has 0 radical (unpaired) electrons. The smallest absolute Gasteiger partial charge is 0.205 e. The lowest BCUT2D eigenvalue weighted by atomic mass is 9.77. The number of hydrogen-bond acceptors (Lipinski definition) is 5. The topological polar surface area (TPSA) is 94.7 Å². The van der Waals surface area contributed by atoms with E-state index in [1.54, 1.807) is 0 Å². The second-order valence-electron chi connectivity index (χ2n) is 7.80. The maximum atomic E-state index is 9.86. The fourth-order valence-corrected chi connectivity index (χ4v) is 4.56. The summed E-state index contributed by atoms with van der Waals surface area (Å²) in [6.45, 7) is 9.90. The van der Waals surface area contributed by atoms with E-state index in [1.807, 2.05) is 21.8 Å². The SMILES string of the molecule is CCn1ncc(/C=C2\CCCC3=C2OC(N)=C(C#N)C3c2cnn(CC)c2C)c1C. The number of rotatable bonds is 4. The summed E-state index contributed by atoms with van der Waals surface area (Å²) in [5.74, 6) is 0.802. The summed E-state index contributed by atoms with van der Waals surface area (Å²) < 4.78 is 10.0. The molecule has 0 saturated carbocycles. The van der Waals surface area contributed by atoms with Crippen LogP contribution >= 0.6 is 0 Å². The van der Waals surface area contributed by atoms with Crippen molar-refractivity contribution in [2.75, 3.05) is 0 Å². The highest BCUT2D eigenvalue weighted by molar-refractivity contribution is 5.63. The number of nitrogens with zero attached hydrogens (tertiary/aromatic N) is 5. The summed E-state index contributed by atoms with van der Waals surface area (Å²) in [6, 6.07) is 2.30. The molecule has 30 heavy (non-hydrogen) atoms. The highest BCUT2D eigenvalue weighted by Crippen LogP contribution is 2.47. The Morgan fingerprint density at radius 2 is 1.87 bits per heavy atom. The molecule has 0 fully saturated rings. The molecule has 0 amide bonds. The number of aryl methyl sites for hydroxylation is 2. The molecule has 1 aliphatic carbocycles. The van der Waals surface area contributed by atoms with Gasteiger partial charge in [0.05, 0.1) is 18.3 Å². The molecule has 0 saturated heterocycles. The van der Waals surface area contributed by atoms with Crippen LogP contribution in [0.5, 0.6) is 0 Å². The molecule has 2 aromatic heterocycles. The van der Waals surface area contributed by atoms with Crippen LogP contribution in [0.3, 0.4) is 0 Å². The molecule has 3 heterocycles. The van der Waals surface area contributed by atoms with E-state index in [9.17, 15) is 5.26 Å². The highest BCUT2D eigenvalue weighted by Gasteiger charge is 2.37. The molecule has 156 valence electrons. The van der Waals surface area contributed by atoms with Gasteiger partial charge in [0, 0.05) is 35.6 Å². The minimum atomic E-state index is -0.206. The lowest BCUT2D eigenvalue weighted by molar-refractivity contribution is 0.277. The van der Waals surface area contributed by atoms with Gasteiger partial charge in [-0.1, -0.05) is 0 Å². The van der Waals surface area contributed by atoms with Gasteiger partial charge >= 0.3 is 0 Å². The molecule has 7 nitrogen and oxygen atoms in total. The van der Waals surface area contributed by atoms with Crippen LogP contribution in [0.15, 0.2) is 40.8 Å². The Hall–Kier alpha value is -3.27. The Kier molecular flexibility index (Phi) is 5.25. The predicted molar refractivity (Wildman–Crippen MR) is 115 cm³/mol. The molecule has 0 spiro atoms. The molecule has 2 aromatic rings. The molecule has 0 aromatic carbocycles. The molecule has 1 unspecified atom stereocenters. The number of nitrogens with two attached hydrogens (primary N) is 1. The number of allylic oxidation sites excluding steroid dienone is 3. The van der Waals surface area contributed by atoms with Crippen molar-refractivity contribution in [1.82, 2.24) is 19.6 Å². The molecule has 1 atom stereocenters. The first-order valence-electron chi connectivity index (χ1n) is 10.6. The first-order chi connectivity index (χ1) is 14.5. The number of aromatic nitrogens is 4. The zero-order valence-electron chi connectivity index (χ0n) is 18.1. The third kappa shape index (κ3) is 3.13. The zero-order chi connectivity index (χ0) is 21.4. The van der Waals surface area contributed by atoms with Gasteiger partial charge in [0.2, 0.25) is 5.88 Å². The Bertz CT molecular complexity index is 1120. The minimum Gasteiger partial charge on any atom is -0.440 e. The van der Waals surface area contributed by atoms with Crippen molar-refractivity contribution in [2.24, 2.45) is 5.73 Å².